The Labute approximate surface area is 122 Å². The summed E-state index contributed by atoms with van der Waals surface area (Å²) in [5.41, 5.74) is 1.23. The summed E-state index contributed by atoms with van der Waals surface area (Å²) in [6.07, 6.45) is 3.27. The van der Waals surface area contributed by atoms with Gasteiger partial charge in [-0.3, -0.25) is 6.58 Å². The van der Waals surface area contributed by atoms with Crippen LogP contribution in [0.15, 0.2) is 36.9 Å². The van der Waals surface area contributed by atoms with Gasteiger partial charge in [-0.2, -0.15) is 6.04 Å². The summed E-state index contributed by atoms with van der Waals surface area (Å²) < 4.78 is 0. The molecule has 0 bridgehead atoms. The van der Waals surface area contributed by atoms with E-state index < -0.39 is 6.10 Å². The zero-order chi connectivity index (χ0) is 11.1. The van der Waals surface area contributed by atoms with Crippen molar-refractivity contribution in [2.24, 2.45) is 0 Å². The minimum absolute atomic E-state index is 0. The molecule has 2 atom stereocenters. The largest absolute Gasteiger partial charge is 2.00 e. The Balaban J connectivity index is 0.00000225. The van der Waals surface area contributed by atoms with Crippen molar-refractivity contribution in [3.05, 3.63) is 55.1 Å². The molecule has 0 fully saturated rings. The molecule has 0 radical (unpaired) electrons. The smallest absolute Gasteiger partial charge is 0.489 e. The standard InChI is InChI=1S/C13H17NO.U/c1-3-13(14-10-11(2)15)9-12-7-5-4-6-8-12;/h4-8,10-11,13-15H,1,9H2,2H3;/q-2;+2. The normalized spacial score (nSPS) is 13.6. The van der Waals surface area contributed by atoms with Gasteiger partial charge >= 0.3 is 31.1 Å². The van der Waals surface area contributed by atoms with E-state index in [-0.39, 0.29) is 37.2 Å². The number of benzene rings is 1. The van der Waals surface area contributed by atoms with Crippen molar-refractivity contribution in [2.75, 3.05) is 0 Å². The second-order valence-electron chi connectivity index (χ2n) is 3.52. The second kappa shape index (κ2) is 9.01. The third kappa shape index (κ3) is 6.50. The van der Waals surface area contributed by atoms with Crippen LogP contribution in [-0.4, -0.2) is 17.3 Å². The summed E-state index contributed by atoms with van der Waals surface area (Å²) >= 11 is 0. The number of hydrogen-bond donors (Lipinski definition) is 2. The number of rotatable bonds is 6. The van der Waals surface area contributed by atoms with Crippen molar-refractivity contribution in [1.29, 1.82) is 0 Å². The Kier molecular flexibility index (Phi) is 8.97. The molecule has 0 aliphatic carbocycles. The molecule has 0 aliphatic heterocycles. The maximum absolute atomic E-state index is 9.10. The van der Waals surface area contributed by atoms with Crippen molar-refractivity contribution in [3.63, 3.8) is 0 Å². The minimum Gasteiger partial charge on any atom is -0.489 e. The molecule has 3 heteroatoms. The van der Waals surface area contributed by atoms with E-state index >= 15 is 0 Å². The molecule has 84 valence electrons. The summed E-state index contributed by atoms with van der Waals surface area (Å²) in [6.45, 7) is 6.99. The van der Waals surface area contributed by atoms with Crippen molar-refractivity contribution in [2.45, 2.75) is 25.5 Å². The summed E-state index contributed by atoms with van der Waals surface area (Å²) in [5, 5.41) is 12.2. The summed E-state index contributed by atoms with van der Waals surface area (Å²) in [6, 6.07) is 10.2. The average Bonchev–Trinajstić information content (AvgIpc) is 2.25. The molecule has 16 heavy (non-hydrogen) atoms. The van der Waals surface area contributed by atoms with Crippen molar-refractivity contribution >= 4 is 0 Å². The molecule has 0 heterocycles. The number of aliphatic hydroxyl groups excluding tert-OH is 1. The minimum atomic E-state index is -0.461. The second-order valence-corrected chi connectivity index (χ2v) is 3.52. The van der Waals surface area contributed by atoms with Crippen LogP contribution < -0.4 is 5.32 Å². The molecule has 2 unspecified atom stereocenters. The summed E-state index contributed by atoms with van der Waals surface area (Å²) in [4.78, 5) is 0. The van der Waals surface area contributed by atoms with Crippen LogP contribution in [0.5, 0.6) is 0 Å². The number of aliphatic hydroxyl groups is 1. The predicted octanol–water partition coefficient (Wildman–Crippen LogP) is 1.72. The fourth-order valence-electron chi connectivity index (χ4n) is 1.30. The third-order valence-electron chi connectivity index (χ3n) is 2.07. The van der Waals surface area contributed by atoms with Crippen LogP contribution in [0, 0.1) is 43.7 Å². The van der Waals surface area contributed by atoms with Gasteiger partial charge < -0.3 is 16.5 Å². The van der Waals surface area contributed by atoms with Gasteiger partial charge in [0.1, 0.15) is 0 Å². The van der Waals surface area contributed by atoms with Crippen molar-refractivity contribution in [1.82, 2.24) is 5.32 Å². The van der Waals surface area contributed by atoms with Crippen molar-refractivity contribution < 1.29 is 36.2 Å². The quantitative estimate of drug-likeness (QED) is 0.660. The van der Waals surface area contributed by atoms with Crippen LogP contribution in [0.4, 0.5) is 0 Å². The summed E-state index contributed by atoms with van der Waals surface area (Å²) in [5.74, 6) is 0. The Hall–Kier alpha value is -0.0681. The van der Waals surface area contributed by atoms with Crippen LogP contribution >= 0.6 is 0 Å². The third-order valence-corrected chi connectivity index (χ3v) is 2.07. The Morgan fingerprint density at radius 3 is 2.56 bits per heavy atom. The Morgan fingerprint density at radius 1 is 1.44 bits per heavy atom. The zero-order valence-corrected chi connectivity index (χ0v) is 13.6. The van der Waals surface area contributed by atoms with Gasteiger partial charge in [0.2, 0.25) is 0 Å². The Morgan fingerprint density at radius 2 is 2.06 bits per heavy atom. The van der Waals surface area contributed by atoms with Crippen LogP contribution in [0.3, 0.4) is 0 Å². The van der Waals surface area contributed by atoms with E-state index in [1.807, 2.05) is 18.2 Å². The van der Waals surface area contributed by atoms with E-state index in [0.717, 1.165) is 6.42 Å². The van der Waals surface area contributed by atoms with Gasteiger partial charge in [0.25, 0.3) is 0 Å². The van der Waals surface area contributed by atoms with Gasteiger partial charge in [0.15, 0.2) is 0 Å². The fraction of sp³-hybridized carbons (Fsp3) is 0.308. The van der Waals surface area contributed by atoms with Gasteiger partial charge in [-0.05, 0) is 12.0 Å². The molecule has 0 spiro atoms. The fourth-order valence-corrected chi connectivity index (χ4v) is 1.30. The van der Waals surface area contributed by atoms with E-state index in [4.69, 9.17) is 5.11 Å². The SMILES string of the molecule is C=[C-]C(Cc1ccccc1)N[CH-]C(C)O.[U+2]. The van der Waals surface area contributed by atoms with E-state index in [9.17, 15) is 0 Å². The first-order chi connectivity index (χ1) is 7.22. The first-order valence-electron chi connectivity index (χ1n) is 5.06. The summed E-state index contributed by atoms with van der Waals surface area (Å²) in [7, 11) is 0. The van der Waals surface area contributed by atoms with Crippen LogP contribution in [-0.2, 0) is 6.42 Å². The van der Waals surface area contributed by atoms with Crippen LogP contribution in [0.1, 0.15) is 12.5 Å². The molecule has 0 amide bonds. The van der Waals surface area contributed by atoms with E-state index in [2.05, 4.69) is 30.1 Å². The van der Waals surface area contributed by atoms with Crippen LogP contribution in [0.2, 0.25) is 0 Å². The van der Waals surface area contributed by atoms with Crippen molar-refractivity contribution in [3.8, 4) is 0 Å². The molecule has 1 aromatic rings. The Bertz CT molecular complexity index is 287. The maximum atomic E-state index is 9.10. The molecule has 0 aromatic heterocycles. The van der Waals surface area contributed by atoms with Crippen LogP contribution in [0.25, 0.3) is 0 Å². The van der Waals surface area contributed by atoms with Gasteiger partial charge in [-0.15, -0.1) is 0 Å². The first kappa shape index (κ1) is 15.9. The van der Waals surface area contributed by atoms with E-state index in [0.29, 0.717) is 0 Å². The molecule has 2 nitrogen and oxygen atoms in total. The molecule has 0 saturated carbocycles. The molecule has 1 rings (SSSR count). The maximum Gasteiger partial charge on any atom is 2.00 e. The molecular weight excluding hydrogens is 424 g/mol. The molecular formula is C13H17NOU. The monoisotopic (exact) mass is 441 g/mol. The molecule has 0 aliphatic rings. The van der Waals surface area contributed by atoms with Gasteiger partial charge in [-0.1, -0.05) is 43.4 Å². The number of hydrogen-bond acceptors (Lipinski definition) is 2. The van der Waals surface area contributed by atoms with E-state index in [1.54, 1.807) is 13.5 Å². The number of nitrogens with one attached hydrogen (secondary N) is 1. The van der Waals surface area contributed by atoms with Gasteiger partial charge in [0, 0.05) is 0 Å². The van der Waals surface area contributed by atoms with E-state index in [1.165, 1.54) is 5.56 Å². The average molecular weight is 441 g/mol. The molecule has 2 N–H and O–H groups in total. The topological polar surface area (TPSA) is 32.3 Å². The molecule has 0 saturated heterocycles. The first-order valence-corrected chi connectivity index (χ1v) is 5.06. The zero-order valence-electron chi connectivity index (χ0n) is 9.48. The van der Waals surface area contributed by atoms with Gasteiger partial charge in [-0.25, -0.2) is 6.54 Å². The van der Waals surface area contributed by atoms with Gasteiger partial charge in [0.05, 0.1) is 0 Å². The predicted molar refractivity (Wildman–Crippen MR) is 61.9 cm³/mol. The molecule has 1 aromatic carbocycles.